The quantitative estimate of drug-likeness (QED) is 0.0481. The first kappa shape index (κ1) is 40.1. The maximum Gasteiger partial charge on any atom is 0.341 e. The number of carbonyl (C=O) groups is 3. The Morgan fingerprint density at radius 1 is 0.826 bits per heavy atom. The van der Waals surface area contributed by atoms with Gasteiger partial charge in [-0.3, -0.25) is 9.59 Å². The van der Waals surface area contributed by atoms with Crippen LogP contribution in [0.15, 0.2) is 79.0 Å². The van der Waals surface area contributed by atoms with E-state index in [1.165, 1.54) is 25.3 Å². The lowest BCUT2D eigenvalue weighted by Crippen LogP contribution is -2.48. The highest BCUT2D eigenvalue weighted by Crippen LogP contribution is 2.23. The van der Waals surface area contributed by atoms with Gasteiger partial charge in [-0.2, -0.15) is 0 Å². The fourth-order valence-electron chi connectivity index (χ4n) is 4.42. The van der Waals surface area contributed by atoms with Crippen LogP contribution in [0.4, 0.5) is 5.69 Å². The van der Waals surface area contributed by atoms with Gasteiger partial charge >= 0.3 is 5.97 Å². The number of ether oxygens (including phenoxy) is 2. The number of esters is 1. The Morgan fingerprint density at radius 3 is 1.96 bits per heavy atom. The summed E-state index contributed by atoms with van der Waals surface area (Å²) in [6, 6.07) is 3.33. The van der Waals surface area contributed by atoms with Crippen LogP contribution in [0, 0.1) is 5.92 Å². The number of anilines is 1. The van der Waals surface area contributed by atoms with Crippen molar-refractivity contribution in [2.24, 2.45) is 5.92 Å². The monoisotopic (exact) mass is 636 g/mol. The van der Waals surface area contributed by atoms with Gasteiger partial charge in [0.25, 0.3) is 0 Å². The first-order chi connectivity index (χ1) is 22.2. The van der Waals surface area contributed by atoms with E-state index in [9.17, 15) is 19.5 Å². The summed E-state index contributed by atoms with van der Waals surface area (Å²) in [6.45, 7) is 8.41. The zero-order valence-corrected chi connectivity index (χ0v) is 28.5. The minimum absolute atomic E-state index is 0.0643. The fraction of sp³-hybridized carbons (Fsp3) is 0.500. The molecular formula is C38H56N2O6. The van der Waals surface area contributed by atoms with Crippen molar-refractivity contribution >= 4 is 23.5 Å². The maximum absolute atomic E-state index is 13.1. The summed E-state index contributed by atoms with van der Waals surface area (Å²) in [7, 11) is 1.21. The molecule has 0 bridgehead atoms. The molecule has 0 fully saturated rings. The summed E-state index contributed by atoms with van der Waals surface area (Å²) in [6.07, 6.45) is 29.8. The van der Waals surface area contributed by atoms with Crippen LogP contribution in [0.3, 0.4) is 0 Å². The largest absolute Gasteiger partial charge is 0.507 e. The average Bonchev–Trinajstić information content (AvgIpc) is 3.03. The molecular weight excluding hydrogens is 580 g/mol. The van der Waals surface area contributed by atoms with Crippen LogP contribution in [0.5, 0.6) is 5.75 Å². The van der Waals surface area contributed by atoms with Crippen molar-refractivity contribution in [1.82, 2.24) is 5.32 Å². The molecule has 1 rings (SSSR count). The van der Waals surface area contributed by atoms with Crippen LogP contribution < -0.4 is 10.6 Å². The summed E-state index contributed by atoms with van der Waals surface area (Å²) in [5, 5.41) is 15.5. The molecule has 2 unspecified atom stereocenters. The van der Waals surface area contributed by atoms with Gasteiger partial charge < -0.3 is 25.2 Å². The molecule has 1 aromatic carbocycles. The molecule has 0 spiro atoms. The number of hydrogen-bond donors (Lipinski definition) is 3. The van der Waals surface area contributed by atoms with E-state index in [0.717, 1.165) is 51.4 Å². The van der Waals surface area contributed by atoms with E-state index < -0.39 is 24.0 Å². The fourth-order valence-corrected chi connectivity index (χ4v) is 4.42. The molecule has 0 saturated heterocycles. The number of aromatic hydroxyl groups is 1. The number of hydrogen-bond acceptors (Lipinski definition) is 6. The van der Waals surface area contributed by atoms with Crippen molar-refractivity contribution in [3.8, 4) is 5.75 Å². The molecule has 0 saturated carbocycles. The standard InChI is InChI=1S/C38H56N2O6/c1-6-8-9-10-11-12-13-14-15-16-17-18-19-20-21-22-23-24-27-46-35(7-2)37(43)40-33(28-30(3)4)36(42)39-31-25-26-34(41)32(29-31)38(44)45-5/h8-9,11-12,14-15,17-18,20-21,25-26,29-30,33,35,41H,6-7,10,13,16,19,22-24,27-28H2,1-5H3,(H,39,42)(H,40,43). The summed E-state index contributed by atoms with van der Waals surface area (Å²) < 4.78 is 10.6. The Kier molecular flexibility index (Phi) is 22.1. The van der Waals surface area contributed by atoms with Gasteiger partial charge in [0.2, 0.25) is 11.8 Å². The number of amides is 2. The van der Waals surface area contributed by atoms with E-state index in [-0.39, 0.29) is 23.1 Å². The van der Waals surface area contributed by atoms with Gasteiger partial charge in [-0.1, -0.05) is 88.5 Å². The van der Waals surface area contributed by atoms with Gasteiger partial charge in [0.05, 0.1) is 7.11 Å². The van der Waals surface area contributed by atoms with Crippen LogP contribution >= 0.6 is 0 Å². The third-order valence-corrected chi connectivity index (χ3v) is 6.91. The van der Waals surface area contributed by atoms with Gasteiger partial charge in [-0.25, -0.2) is 4.79 Å². The van der Waals surface area contributed by atoms with Crippen molar-refractivity contribution in [1.29, 1.82) is 0 Å². The molecule has 2 amide bonds. The highest BCUT2D eigenvalue weighted by atomic mass is 16.5. The van der Waals surface area contributed by atoms with Gasteiger partial charge in [0, 0.05) is 12.3 Å². The number of rotatable bonds is 23. The smallest absolute Gasteiger partial charge is 0.341 e. The molecule has 46 heavy (non-hydrogen) atoms. The highest BCUT2D eigenvalue weighted by molar-refractivity contribution is 5.99. The van der Waals surface area contributed by atoms with E-state index in [2.05, 4.69) is 83.1 Å². The summed E-state index contributed by atoms with van der Waals surface area (Å²) >= 11 is 0. The molecule has 1 aromatic rings. The molecule has 254 valence electrons. The Labute approximate surface area is 276 Å². The molecule has 2 atom stereocenters. The average molecular weight is 637 g/mol. The van der Waals surface area contributed by atoms with Crippen molar-refractivity contribution in [2.45, 2.75) is 104 Å². The molecule has 0 heterocycles. The summed E-state index contributed by atoms with van der Waals surface area (Å²) in [5.74, 6) is -1.59. The molecule has 0 aliphatic heterocycles. The van der Waals surface area contributed by atoms with E-state index in [4.69, 9.17) is 4.74 Å². The third kappa shape index (κ3) is 18.2. The SMILES string of the molecule is CCC=CCC=CCC=CCC=CCC=CCCCCOC(CC)C(=O)NC(CC(C)C)C(=O)Nc1ccc(O)c(C(=O)OC)c1. The number of carbonyl (C=O) groups excluding carboxylic acids is 3. The summed E-state index contributed by atoms with van der Waals surface area (Å²) in [5.41, 5.74) is 0.243. The van der Waals surface area contributed by atoms with Crippen molar-refractivity contribution < 1.29 is 29.0 Å². The lowest BCUT2D eigenvalue weighted by molar-refractivity contribution is -0.136. The van der Waals surface area contributed by atoms with Crippen LogP contribution in [0.2, 0.25) is 0 Å². The van der Waals surface area contributed by atoms with Crippen LogP contribution in [-0.4, -0.2) is 48.8 Å². The minimum Gasteiger partial charge on any atom is -0.507 e. The molecule has 8 nitrogen and oxygen atoms in total. The molecule has 0 aliphatic carbocycles. The number of benzene rings is 1. The zero-order valence-electron chi connectivity index (χ0n) is 28.5. The number of nitrogens with one attached hydrogen (secondary N) is 2. The van der Waals surface area contributed by atoms with Crippen LogP contribution in [0.25, 0.3) is 0 Å². The number of unbranched alkanes of at least 4 members (excludes halogenated alkanes) is 2. The lowest BCUT2D eigenvalue weighted by Gasteiger charge is -2.23. The van der Waals surface area contributed by atoms with Crippen LogP contribution in [0.1, 0.15) is 102 Å². The molecule has 3 N–H and O–H groups in total. The summed E-state index contributed by atoms with van der Waals surface area (Å²) in [4.78, 5) is 38.0. The topological polar surface area (TPSA) is 114 Å². The van der Waals surface area contributed by atoms with Crippen LogP contribution in [-0.2, 0) is 19.1 Å². The molecule has 0 aromatic heterocycles. The Hall–Kier alpha value is -3.91. The van der Waals surface area contributed by atoms with Gasteiger partial charge in [0.15, 0.2) is 0 Å². The predicted molar refractivity (Wildman–Crippen MR) is 188 cm³/mol. The first-order valence-corrected chi connectivity index (χ1v) is 16.6. The predicted octanol–water partition coefficient (Wildman–Crippen LogP) is 8.37. The zero-order chi connectivity index (χ0) is 34.0. The Morgan fingerprint density at radius 2 is 1.41 bits per heavy atom. The van der Waals surface area contributed by atoms with E-state index in [1.807, 2.05) is 20.8 Å². The Balaban J connectivity index is 2.40. The van der Waals surface area contributed by atoms with Gasteiger partial charge in [0.1, 0.15) is 23.5 Å². The van der Waals surface area contributed by atoms with E-state index in [1.54, 1.807) is 0 Å². The molecule has 0 radical (unpaired) electrons. The van der Waals surface area contributed by atoms with Gasteiger partial charge in [-0.05, 0) is 88.3 Å². The Bertz CT molecular complexity index is 1180. The van der Waals surface area contributed by atoms with Gasteiger partial charge in [-0.15, -0.1) is 0 Å². The second kappa shape index (κ2) is 25.3. The third-order valence-electron chi connectivity index (χ3n) is 6.91. The molecule has 0 aliphatic rings. The number of allylic oxidation sites excluding steroid dienone is 10. The second-order valence-corrected chi connectivity index (χ2v) is 11.4. The van der Waals surface area contributed by atoms with Crippen molar-refractivity contribution in [3.05, 3.63) is 84.5 Å². The first-order valence-electron chi connectivity index (χ1n) is 16.6. The normalized spacial score (nSPS) is 13.4. The number of methoxy groups -OCH3 is 1. The minimum atomic E-state index is -0.795. The second-order valence-electron chi connectivity index (χ2n) is 11.4. The number of phenolic OH excluding ortho intramolecular Hbond substituents is 1. The molecule has 8 heteroatoms. The number of phenols is 1. The van der Waals surface area contributed by atoms with E-state index in [0.29, 0.717) is 25.1 Å². The van der Waals surface area contributed by atoms with E-state index >= 15 is 0 Å². The lowest BCUT2D eigenvalue weighted by atomic mass is 10.0. The highest BCUT2D eigenvalue weighted by Gasteiger charge is 2.26. The maximum atomic E-state index is 13.1. The van der Waals surface area contributed by atoms with Crippen molar-refractivity contribution in [2.75, 3.05) is 19.0 Å². The van der Waals surface area contributed by atoms with Crippen molar-refractivity contribution in [3.63, 3.8) is 0 Å².